The van der Waals surface area contributed by atoms with Gasteiger partial charge >= 0.3 is 11.9 Å². The van der Waals surface area contributed by atoms with E-state index in [0.717, 1.165) is 0 Å². The van der Waals surface area contributed by atoms with Crippen molar-refractivity contribution in [3.05, 3.63) is 41.5 Å². The molecule has 2 aromatic rings. The lowest BCUT2D eigenvalue weighted by Gasteiger charge is -2.04. The molecule has 0 fully saturated rings. The highest BCUT2D eigenvalue weighted by atomic mass is 16.4. The van der Waals surface area contributed by atoms with Crippen molar-refractivity contribution < 1.29 is 24.6 Å². The summed E-state index contributed by atoms with van der Waals surface area (Å²) in [6.45, 7) is 0. The van der Waals surface area contributed by atoms with E-state index in [-0.39, 0.29) is 16.8 Å². The van der Waals surface area contributed by atoms with Crippen LogP contribution in [0.4, 0.5) is 5.69 Å². The second-order valence-electron chi connectivity index (χ2n) is 3.74. The predicted molar refractivity (Wildman–Crippen MR) is 65.6 cm³/mol. The molecule has 2 aromatic carbocycles. The fourth-order valence-corrected chi connectivity index (χ4v) is 1.73. The molecule has 0 aliphatic heterocycles. The van der Waals surface area contributed by atoms with Gasteiger partial charge in [0.15, 0.2) is 0 Å². The van der Waals surface area contributed by atoms with Crippen LogP contribution >= 0.6 is 0 Å². The molecule has 0 saturated heterocycles. The zero-order valence-electron chi connectivity index (χ0n) is 9.45. The molecule has 0 saturated carbocycles. The Morgan fingerprint density at radius 1 is 1.00 bits per heavy atom. The van der Waals surface area contributed by atoms with E-state index in [4.69, 9.17) is 10.2 Å². The second-order valence-corrected chi connectivity index (χ2v) is 3.74. The average molecular weight is 257 g/mol. The lowest BCUT2D eigenvalue weighted by Crippen LogP contribution is -1.98. The topological polar surface area (TPSA) is 104 Å². The largest absolute Gasteiger partial charge is 0.478 e. The van der Waals surface area contributed by atoms with Gasteiger partial charge < -0.3 is 10.2 Å². The average Bonchev–Trinajstić information content (AvgIpc) is 2.37. The fourth-order valence-electron chi connectivity index (χ4n) is 1.73. The summed E-state index contributed by atoms with van der Waals surface area (Å²) >= 11 is 0. The van der Waals surface area contributed by atoms with Gasteiger partial charge in [-0.1, -0.05) is 6.07 Å². The van der Waals surface area contributed by atoms with Gasteiger partial charge in [-0.2, -0.15) is 4.99 Å². The minimum absolute atomic E-state index is 0.0578. The van der Waals surface area contributed by atoms with Crippen molar-refractivity contribution >= 4 is 34.5 Å². The summed E-state index contributed by atoms with van der Waals surface area (Å²) in [6.07, 6.45) is 1.28. The Balaban J connectivity index is 2.77. The molecule has 0 bridgehead atoms. The zero-order valence-corrected chi connectivity index (χ0v) is 9.45. The highest BCUT2D eigenvalue weighted by Gasteiger charge is 2.12. The molecule has 0 aliphatic rings. The standard InChI is InChI=1S/C13H7NO5/c15-6-14-11-5-9-3-8(12(16)17)2-1-7(9)4-10(11)13(18)19/h1-5H,(H,16,17)(H,18,19). The summed E-state index contributed by atoms with van der Waals surface area (Å²) in [5, 5.41) is 18.9. The molecule has 0 amide bonds. The molecule has 0 spiro atoms. The number of hydrogen-bond acceptors (Lipinski definition) is 4. The minimum atomic E-state index is -1.22. The molecule has 0 aromatic heterocycles. The molecular formula is C13H7NO5. The molecule has 94 valence electrons. The molecule has 0 unspecified atom stereocenters. The Bertz CT molecular complexity index is 744. The van der Waals surface area contributed by atoms with Gasteiger partial charge in [-0.05, 0) is 35.0 Å². The molecule has 2 rings (SSSR count). The van der Waals surface area contributed by atoms with Crippen LogP contribution in [0.1, 0.15) is 20.7 Å². The highest BCUT2D eigenvalue weighted by Crippen LogP contribution is 2.27. The lowest BCUT2D eigenvalue weighted by molar-refractivity contribution is 0.0686. The molecule has 6 heteroatoms. The van der Waals surface area contributed by atoms with Crippen LogP contribution < -0.4 is 0 Å². The highest BCUT2D eigenvalue weighted by molar-refractivity contribution is 6.02. The van der Waals surface area contributed by atoms with Gasteiger partial charge in [-0.15, -0.1) is 0 Å². The van der Waals surface area contributed by atoms with Crippen molar-refractivity contribution in [3.63, 3.8) is 0 Å². The summed E-state index contributed by atoms with van der Waals surface area (Å²) in [7, 11) is 0. The van der Waals surface area contributed by atoms with Crippen molar-refractivity contribution in [1.29, 1.82) is 0 Å². The number of carboxylic acid groups (broad SMARTS) is 2. The first kappa shape index (κ1) is 12.5. The van der Waals surface area contributed by atoms with Crippen molar-refractivity contribution in [3.8, 4) is 0 Å². The van der Waals surface area contributed by atoms with E-state index in [2.05, 4.69) is 4.99 Å². The Morgan fingerprint density at radius 3 is 2.32 bits per heavy atom. The third-order valence-electron chi connectivity index (χ3n) is 2.60. The SMILES string of the molecule is O=C=Nc1cc2cc(C(=O)O)ccc2cc1C(=O)O. The number of carbonyl (C=O) groups excluding carboxylic acids is 1. The molecular weight excluding hydrogens is 250 g/mol. The summed E-state index contributed by atoms with van der Waals surface area (Å²) in [5.41, 5.74) is -0.131. The van der Waals surface area contributed by atoms with Crippen LogP contribution in [-0.2, 0) is 4.79 Å². The van der Waals surface area contributed by atoms with Crippen LogP contribution in [0.25, 0.3) is 10.8 Å². The monoisotopic (exact) mass is 257 g/mol. The van der Waals surface area contributed by atoms with Gasteiger partial charge in [0.2, 0.25) is 6.08 Å². The Morgan fingerprint density at radius 2 is 1.74 bits per heavy atom. The van der Waals surface area contributed by atoms with Crippen LogP contribution in [-0.4, -0.2) is 28.2 Å². The predicted octanol–water partition coefficient (Wildman–Crippen LogP) is 2.20. The van der Waals surface area contributed by atoms with Crippen LogP contribution in [0, 0.1) is 0 Å². The van der Waals surface area contributed by atoms with Gasteiger partial charge in [0.05, 0.1) is 16.8 Å². The van der Waals surface area contributed by atoms with Gasteiger partial charge in [0.25, 0.3) is 0 Å². The van der Waals surface area contributed by atoms with E-state index in [9.17, 15) is 14.4 Å². The number of aromatic carboxylic acids is 2. The van der Waals surface area contributed by atoms with Crippen LogP contribution in [0.3, 0.4) is 0 Å². The third-order valence-corrected chi connectivity index (χ3v) is 2.60. The molecule has 0 radical (unpaired) electrons. The molecule has 0 heterocycles. The molecule has 0 aliphatic carbocycles. The number of carbonyl (C=O) groups is 2. The first-order chi connectivity index (χ1) is 9.02. The maximum atomic E-state index is 11.0. The number of nitrogens with zero attached hydrogens (tertiary/aromatic N) is 1. The van der Waals surface area contributed by atoms with Gasteiger partial charge in [-0.25, -0.2) is 14.4 Å². The molecule has 19 heavy (non-hydrogen) atoms. The normalized spacial score (nSPS) is 9.89. The zero-order chi connectivity index (χ0) is 14.0. The van der Waals surface area contributed by atoms with Crippen LogP contribution in [0.5, 0.6) is 0 Å². The first-order valence-electron chi connectivity index (χ1n) is 5.15. The number of fused-ring (bicyclic) bond motifs is 1. The van der Waals surface area contributed by atoms with Gasteiger partial charge in [0.1, 0.15) is 0 Å². The number of benzene rings is 2. The number of rotatable bonds is 3. The number of isocyanates is 1. The van der Waals surface area contributed by atoms with Crippen molar-refractivity contribution in [2.45, 2.75) is 0 Å². The van der Waals surface area contributed by atoms with Crippen molar-refractivity contribution in [1.82, 2.24) is 0 Å². The maximum absolute atomic E-state index is 11.0. The van der Waals surface area contributed by atoms with E-state index < -0.39 is 11.9 Å². The molecule has 0 atom stereocenters. The fraction of sp³-hybridized carbons (Fsp3) is 0. The van der Waals surface area contributed by atoms with E-state index in [1.54, 1.807) is 0 Å². The Kier molecular flexibility index (Phi) is 3.10. The van der Waals surface area contributed by atoms with E-state index in [0.29, 0.717) is 10.8 Å². The summed E-state index contributed by atoms with van der Waals surface area (Å²) in [4.78, 5) is 35.5. The maximum Gasteiger partial charge on any atom is 0.337 e. The summed E-state index contributed by atoms with van der Waals surface area (Å²) in [6, 6.07) is 6.93. The van der Waals surface area contributed by atoms with E-state index in [1.165, 1.54) is 36.4 Å². The Hall–Kier alpha value is -2.98. The van der Waals surface area contributed by atoms with E-state index >= 15 is 0 Å². The van der Waals surface area contributed by atoms with Crippen molar-refractivity contribution in [2.75, 3.05) is 0 Å². The van der Waals surface area contributed by atoms with Crippen molar-refractivity contribution in [2.24, 2.45) is 4.99 Å². The number of carboxylic acids is 2. The Labute approximate surface area is 106 Å². The smallest absolute Gasteiger partial charge is 0.337 e. The second kappa shape index (κ2) is 4.72. The lowest BCUT2D eigenvalue weighted by atomic mass is 10.0. The summed E-state index contributed by atoms with van der Waals surface area (Å²) < 4.78 is 0. The van der Waals surface area contributed by atoms with E-state index in [1.807, 2.05) is 0 Å². The molecule has 2 N–H and O–H groups in total. The first-order valence-corrected chi connectivity index (χ1v) is 5.15. The van der Waals surface area contributed by atoms with Crippen LogP contribution in [0.15, 0.2) is 35.3 Å². The minimum Gasteiger partial charge on any atom is -0.478 e. The third kappa shape index (κ3) is 2.34. The number of hydrogen-bond donors (Lipinski definition) is 2. The summed E-state index contributed by atoms with van der Waals surface area (Å²) in [5.74, 6) is -2.32. The number of aliphatic imine (C=N–C) groups is 1. The van der Waals surface area contributed by atoms with Crippen LogP contribution in [0.2, 0.25) is 0 Å². The molecule has 6 nitrogen and oxygen atoms in total. The van der Waals surface area contributed by atoms with Gasteiger partial charge in [0, 0.05) is 0 Å². The van der Waals surface area contributed by atoms with Gasteiger partial charge in [-0.3, -0.25) is 0 Å². The quantitative estimate of drug-likeness (QED) is 0.647.